The highest BCUT2D eigenvalue weighted by atomic mass is 35.5. The van der Waals surface area contributed by atoms with Crippen LogP contribution in [0.2, 0.25) is 5.02 Å². The molecule has 2 aromatic heterocycles. The quantitative estimate of drug-likeness (QED) is 0.234. The number of benzene rings is 2. The maximum absolute atomic E-state index is 13.1. The number of carbonyl (C=O) groups excluding carboxylic acids is 1. The molecule has 0 fully saturated rings. The van der Waals surface area contributed by atoms with Gasteiger partial charge in [0.05, 0.1) is 28.7 Å². The lowest BCUT2D eigenvalue weighted by molar-refractivity contribution is -0.137. The van der Waals surface area contributed by atoms with E-state index in [2.05, 4.69) is 25.6 Å². The lowest BCUT2D eigenvalue weighted by Gasteiger charge is -2.17. The van der Waals surface area contributed by atoms with Gasteiger partial charge in [-0.3, -0.25) is 0 Å². The zero-order valence-electron chi connectivity index (χ0n) is 20.2. The summed E-state index contributed by atoms with van der Waals surface area (Å²) < 4.78 is 45.0. The van der Waals surface area contributed by atoms with Crippen molar-refractivity contribution in [2.24, 2.45) is 0 Å². The van der Waals surface area contributed by atoms with Crippen molar-refractivity contribution in [2.45, 2.75) is 25.9 Å². The second kappa shape index (κ2) is 10.9. The Morgan fingerprint density at radius 1 is 0.974 bits per heavy atom. The van der Waals surface area contributed by atoms with Gasteiger partial charge in [-0.2, -0.15) is 13.2 Å². The molecule has 4 aromatic rings. The van der Waals surface area contributed by atoms with Crippen LogP contribution in [0.1, 0.15) is 30.9 Å². The van der Waals surface area contributed by atoms with Crippen molar-refractivity contribution >= 4 is 34.8 Å². The molecule has 0 aliphatic carbocycles. The lowest BCUT2D eigenvalue weighted by Crippen LogP contribution is -2.21. The van der Waals surface area contributed by atoms with Crippen LogP contribution in [0.25, 0.3) is 11.1 Å². The minimum Gasteiger partial charge on any atom is -0.424 e. The summed E-state index contributed by atoms with van der Waals surface area (Å²) in [4.78, 5) is 24.6. The molecular formula is C26H22ClF3N6O2. The second-order valence-electron chi connectivity index (χ2n) is 8.50. The van der Waals surface area contributed by atoms with Gasteiger partial charge < -0.3 is 21.1 Å². The van der Waals surface area contributed by atoms with Gasteiger partial charge in [0.25, 0.3) is 0 Å². The number of hydrogen-bond donors (Lipinski definition) is 3. The van der Waals surface area contributed by atoms with Crippen LogP contribution in [0.15, 0.2) is 67.1 Å². The third kappa shape index (κ3) is 6.48. The molecule has 0 aliphatic rings. The molecule has 2 amide bonds. The average Bonchev–Trinajstić information content (AvgIpc) is 2.86. The molecule has 0 saturated heterocycles. The van der Waals surface area contributed by atoms with E-state index in [1.807, 2.05) is 13.8 Å². The molecule has 0 unspecified atom stereocenters. The van der Waals surface area contributed by atoms with Crippen LogP contribution < -0.4 is 21.1 Å². The zero-order valence-corrected chi connectivity index (χ0v) is 20.9. The Labute approximate surface area is 221 Å². The summed E-state index contributed by atoms with van der Waals surface area (Å²) in [6.07, 6.45) is -0.452. The Bertz CT molecular complexity index is 1450. The number of halogens is 4. The predicted molar refractivity (Wildman–Crippen MR) is 139 cm³/mol. The number of ether oxygens (including phenoxy) is 1. The van der Waals surface area contributed by atoms with Crippen LogP contribution >= 0.6 is 11.6 Å². The molecule has 2 aromatic carbocycles. The van der Waals surface area contributed by atoms with E-state index in [-0.39, 0.29) is 23.3 Å². The van der Waals surface area contributed by atoms with E-state index < -0.39 is 17.8 Å². The normalized spacial score (nSPS) is 11.3. The van der Waals surface area contributed by atoms with Crippen LogP contribution in [0.3, 0.4) is 0 Å². The van der Waals surface area contributed by atoms with Crippen LogP contribution in [-0.2, 0) is 6.18 Å². The third-order valence-corrected chi connectivity index (χ3v) is 5.60. The maximum atomic E-state index is 13.1. The SMILES string of the molecule is CC(C)c1ccc(C(F)(F)F)cc1NC(=O)Nc1cnc(Oc2ccc(-c3cc(Cl)cnc3N)cc2)nc1. The highest BCUT2D eigenvalue weighted by Gasteiger charge is 2.31. The number of nitrogen functional groups attached to an aromatic ring is 1. The van der Waals surface area contributed by atoms with E-state index in [0.717, 1.165) is 17.7 Å². The molecule has 0 aliphatic heterocycles. The fourth-order valence-electron chi connectivity index (χ4n) is 3.55. The van der Waals surface area contributed by atoms with Crippen molar-refractivity contribution in [3.05, 3.63) is 83.3 Å². The standard InChI is InChI=1S/C26H22ClF3N6O2/c1-14(2)20-8-5-16(26(28,29)30)9-22(20)36-24(37)35-18-12-33-25(34-13-18)38-19-6-3-15(4-7-19)21-10-17(27)11-32-23(21)31/h3-14H,1-2H3,(H2,31,32)(H2,35,36,37). The van der Waals surface area contributed by atoms with Gasteiger partial charge in [-0.15, -0.1) is 0 Å². The summed E-state index contributed by atoms with van der Waals surface area (Å²) in [5.74, 6) is 0.680. The van der Waals surface area contributed by atoms with Crippen LogP contribution in [0, 0.1) is 0 Å². The number of urea groups is 1. The number of nitrogens with two attached hydrogens (primary N) is 1. The van der Waals surface area contributed by atoms with Gasteiger partial charge in [-0.25, -0.2) is 19.7 Å². The van der Waals surface area contributed by atoms with Crippen molar-refractivity contribution in [1.82, 2.24) is 15.0 Å². The number of amides is 2. The van der Waals surface area contributed by atoms with Gasteiger partial charge in [-0.05, 0) is 47.4 Å². The van der Waals surface area contributed by atoms with Gasteiger partial charge in [0, 0.05) is 17.4 Å². The number of anilines is 3. The monoisotopic (exact) mass is 542 g/mol. The zero-order chi connectivity index (χ0) is 27.4. The first-order valence-electron chi connectivity index (χ1n) is 11.3. The minimum absolute atomic E-state index is 0.0209. The van der Waals surface area contributed by atoms with Crippen LogP contribution in [0.5, 0.6) is 11.8 Å². The first-order chi connectivity index (χ1) is 18.0. The summed E-state index contributed by atoms with van der Waals surface area (Å²) in [6, 6.07) is 11.2. The first-order valence-corrected chi connectivity index (χ1v) is 11.7. The molecule has 4 rings (SSSR count). The van der Waals surface area contributed by atoms with Gasteiger partial charge in [-0.1, -0.05) is 43.6 Å². The third-order valence-electron chi connectivity index (χ3n) is 5.40. The molecule has 12 heteroatoms. The maximum Gasteiger partial charge on any atom is 0.416 e. The Kier molecular flexibility index (Phi) is 7.67. The minimum atomic E-state index is -4.54. The van der Waals surface area contributed by atoms with Crippen molar-refractivity contribution in [3.63, 3.8) is 0 Å². The summed E-state index contributed by atoms with van der Waals surface area (Å²) in [6.45, 7) is 3.63. The number of nitrogens with one attached hydrogen (secondary N) is 2. The molecule has 0 saturated carbocycles. The fourth-order valence-corrected chi connectivity index (χ4v) is 3.71. The van der Waals surface area contributed by atoms with E-state index in [0.29, 0.717) is 27.7 Å². The van der Waals surface area contributed by atoms with Gasteiger partial charge in [0.1, 0.15) is 11.6 Å². The Hall–Kier alpha value is -4.38. The number of alkyl halides is 3. The van der Waals surface area contributed by atoms with Crippen LogP contribution in [0.4, 0.5) is 35.2 Å². The largest absolute Gasteiger partial charge is 0.424 e. The van der Waals surface area contributed by atoms with E-state index >= 15 is 0 Å². The van der Waals surface area contributed by atoms with E-state index in [1.165, 1.54) is 24.7 Å². The highest BCUT2D eigenvalue weighted by molar-refractivity contribution is 6.30. The number of carbonyl (C=O) groups is 1. The molecule has 0 bridgehead atoms. The number of nitrogens with zero attached hydrogens (tertiary/aromatic N) is 3. The molecule has 8 nitrogen and oxygen atoms in total. The molecule has 2 heterocycles. The summed E-state index contributed by atoms with van der Waals surface area (Å²) in [5.41, 5.74) is 7.37. The summed E-state index contributed by atoms with van der Waals surface area (Å²) >= 11 is 6.00. The van der Waals surface area contributed by atoms with Crippen molar-refractivity contribution in [2.75, 3.05) is 16.4 Å². The number of pyridine rings is 1. The second-order valence-corrected chi connectivity index (χ2v) is 8.94. The molecule has 0 radical (unpaired) electrons. The smallest absolute Gasteiger partial charge is 0.416 e. The van der Waals surface area contributed by atoms with E-state index in [1.54, 1.807) is 30.3 Å². The molecule has 4 N–H and O–H groups in total. The molecular weight excluding hydrogens is 521 g/mol. The first kappa shape index (κ1) is 26.7. The lowest BCUT2D eigenvalue weighted by atomic mass is 9.99. The topological polar surface area (TPSA) is 115 Å². The van der Waals surface area contributed by atoms with Gasteiger partial charge in [0.2, 0.25) is 0 Å². The van der Waals surface area contributed by atoms with Crippen molar-refractivity contribution in [3.8, 4) is 22.9 Å². The number of rotatable bonds is 6. The van der Waals surface area contributed by atoms with Crippen LogP contribution in [-0.4, -0.2) is 21.0 Å². The van der Waals surface area contributed by atoms with Gasteiger partial charge >= 0.3 is 18.2 Å². The predicted octanol–water partition coefficient (Wildman–Crippen LogP) is 7.35. The van der Waals surface area contributed by atoms with Gasteiger partial charge in [0.15, 0.2) is 0 Å². The molecule has 0 atom stereocenters. The number of aromatic nitrogens is 3. The summed E-state index contributed by atoms with van der Waals surface area (Å²) in [7, 11) is 0. The number of hydrogen-bond acceptors (Lipinski definition) is 6. The molecule has 0 spiro atoms. The Morgan fingerprint density at radius 3 is 2.29 bits per heavy atom. The van der Waals surface area contributed by atoms with Crippen molar-refractivity contribution < 1.29 is 22.7 Å². The average molecular weight is 543 g/mol. The summed E-state index contributed by atoms with van der Waals surface area (Å²) in [5, 5.41) is 5.43. The molecule has 196 valence electrons. The molecule has 38 heavy (non-hydrogen) atoms. The van der Waals surface area contributed by atoms with Crippen molar-refractivity contribution in [1.29, 1.82) is 0 Å². The fraction of sp³-hybridized carbons (Fsp3) is 0.154. The Morgan fingerprint density at radius 2 is 1.66 bits per heavy atom. The highest BCUT2D eigenvalue weighted by Crippen LogP contribution is 2.34. The van der Waals surface area contributed by atoms with E-state index in [9.17, 15) is 18.0 Å². The Balaban J connectivity index is 1.40. The van der Waals surface area contributed by atoms with E-state index in [4.69, 9.17) is 22.1 Å².